The SMILES string of the molecule is CCCCCC1CCC(c2ccc(-c3ccc(CCC)c(F)c3F)c(F)c2)CO1. The Morgan fingerprint density at radius 1 is 0.897 bits per heavy atom. The molecule has 0 aromatic heterocycles. The number of benzene rings is 2. The van der Waals surface area contributed by atoms with Gasteiger partial charge in [-0.15, -0.1) is 0 Å². The Kier molecular flexibility index (Phi) is 7.77. The van der Waals surface area contributed by atoms with Crippen molar-refractivity contribution in [3.05, 3.63) is 58.9 Å². The lowest BCUT2D eigenvalue weighted by molar-refractivity contribution is -0.00211. The van der Waals surface area contributed by atoms with Gasteiger partial charge in [0, 0.05) is 17.0 Å². The Morgan fingerprint density at radius 3 is 2.34 bits per heavy atom. The van der Waals surface area contributed by atoms with Crippen LogP contribution >= 0.6 is 0 Å². The summed E-state index contributed by atoms with van der Waals surface area (Å²) in [5.41, 5.74) is 1.27. The van der Waals surface area contributed by atoms with E-state index in [0.29, 0.717) is 24.7 Å². The van der Waals surface area contributed by atoms with Crippen LogP contribution in [-0.4, -0.2) is 12.7 Å². The molecule has 0 N–H and O–H groups in total. The molecule has 158 valence electrons. The first-order valence-electron chi connectivity index (χ1n) is 10.9. The van der Waals surface area contributed by atoms with Crippen molar-refractivity contribution in [2.75, 3.05) is 6.61 Å². The molecule has 1 heterocycles. The van der Waals surface area contributed by atoms with Gasteiger partial charge in [-0.1, -0.05) is 63.8 Å². The summed E-state index contributed by atoms with van der Waals surface area (Å²) in [6.45, 7) is 4.69. The molecule has 0 spiro atoms. The lowest BCUT2D eigenvalue weighted by Crippen LogP contribution is -2.24. The second-order valence-corrected chi connectivity index (χ2v) is 8.11. The predicted molar refractivity (Wildman–Crippen MR) is 112 cm³/mol. The minimum atomic E-state index is -0.974. The molecular weight excluding hydrogens is 373 g/mol. The molecule has 2 unspecified atom stereocenters. The lowest BCUT2D eigenvalue weighted by atomic mass is 9.89. The van der Waals surface area contributed by atoms with E-state index < -0.39 is 17.5 Å². The van der Waals surface area contributed by atoms with Crippen LogP contribution in [0, 0.1) is 17.5 Å². The van der Waals surface area contributed by atoms with Gasteiger partial charge in [0.2, 0.25) is 0 Å². The van der Waals surface area contributed by atoms with Crippen molar-refractivity contribution in [2.45, 2.75) is 77.2 Å². The van der Waals surface area contributed by atoms with Crippen molar-refractivity contribution < 1.29 is 17.9 Å². The second kappa shape index (κ2) is 10.3. The van der Waals surface area contributed by atoms with Gasteiger partial charge in [-0.05, 0) is 42.9 Å². The summed E-state index contributed by atoms with van der Waals surface area (Å²) >= 11 is 0. The molecule has 2 aromatic carbocycles. The van der Waals surface area contributed by atoms with Gasteiger partial charge >= 0.3 is 0 Å². The maximum atomic E-state index is 14.8. The van der Waals surface area contributed by atoms with E-state index in [2.05, 4.69) is 6.92 Å². The summed E-state index contributed by atoms with van der Waals surface area (Å²) in [4.78, 5) is 0. The largest absolute Gasteiger partial charge is 0.378 e. The van der Waals surface area contributed by atoms with Crippen LogP contribution in [0.2, 0.25) is 0 Å². The number of hydrogen-bond donors (Lipinski definition) is 0. The summed E-state index contributed by atoms with van der Waals surface area (Å²) in [6, 6.07) is 7.87. The zero-order valence-corrected chi connectivity index (χ0v) is 17.4. The van der Waals surface area contributed by atoms with Gasteiger partial charge in [-0.25, -0.2) is 13.2 Å². The lowest BCUT2D eigenvalue weighted by Gasteiger charge is -2.29. The van der Waals surface area contributed by atoms with E-state index in [1.54, 1.807) is 12.1 Å². The normalized spacial score (nSPS) is 19.5. The van der Waals surface area contributed by atoms with Crippen LogP contribution in [0.15, 0.2) is 30.3 Å². The maximum absolute atomic E-state index is 14.8. The molecule has 0 aliphatic carbocycles. The molecule has 1 nitrogen and oxygen atoms in total. The van der Waals surface area contributed by atoms with Gasteiger partial charge in [0.1, 0.15) is 5.82 Å². The van der Waals surface area contributed by atoms with Crippen LogP contribution in [0.5, 0.6) is 0 Å². The fraction of sp³-hybridized carbons (Fsp3) is 0.520. The van der Waals surface area contributed by atoms with Crippen LogP contribution in [0.3, 0.4) is 0 Å². The van der Waals surface area contributed by atoms with Crippen molar-refractivity contribution in [1.29, 1.82) is 0 Å². The molecule has 1 saturated heterocycles. The number of rotatable bonds is 8. The van der Waals surface area contributed by atoms with Crippen molar-refractivity contribution >= 4 is 0 Å². The molecule has 2 atom stereocenters. The average molecular weight is 405 g/mol. The van der Waals surface area contributed by atoms with Gasteiger partial charge in [0.05, 0.1) is 12.7 Å². The predicted octanol–water partition coefficient (Wildman–Crippen LogP) is 7.57. The van der Waals surface area contributed by atoms with Crippen LogP contribution in [-0.2, 0) is 11.2 Å². The number of ether oxygens (including phenoxy) is 1. The highest BCUT2D eigenvalue weighted by Crippen LogP contribution is 2.34. The topological polar surface area (TPSA) is 9.23 Å². The van der Waals surface area contributed by atoms with E-state index in [4.69, 9.17) is 4.74 Å². The van der Waals surface area contributed by atoms with Gasteiger partial charge in [0.15, 0.2) is 11.6 Å². The first-order chi connectivity index (χ1) is 14.0. The molecule has 0 amide bonds. The molecule has 1 aliphatic heterocycles. The molecular formula is C25H31F3O. The Bertz CT molecular complexity index is 810. The third-order valence-corrected chi connectivity index (χ3v) is 5.94. The summed E-state index contributed by atoms with van der Waals surface area (Å²) in [6.07, 6.45) is 8.15. The highest BCUT2D eigenvalue weighted by Gasteiger charge is 2.24. The van der Waals surface area contributed by atoms with Crippen LogP contribution in [0.25, 0.3) is 11.1 Å². The van der Waals surface area contributed by atoms with E-state index >= 15 is 0 Å². The van der Waals surface area contributed by atoms with Gasteiger partial charge in [0.25, 0.3) is 0 Å². The van der Waals surface area contributed by atoms with Crippen molar-refractivity contribution in [3.63, 3.8) is 0 Å². The van der Waals surface area contributed by atoms with E-state index in [1.165, 1.54) is 31.4 Å². The first kappa shape index (κ1) is 21.9. The maximum Gasteiger partial charge on any atom is 0.167 e. The number of halogens is 3. The van der Waals surface area contributed by atoms with Crippen molar-refractivity contribution in [2.24, 2.45) is 0 Å². The number of hydrogen-bond acceptors (Lipinski definition) is 1. The second-order valence-electron chi connectivity index (χ2n) is 8.11. The highest BCUT2D eigenvalue weighted by molar-refractivity contribution is 5.66. The Hall–Kier alpha value is -1.81. The molecule has 1 aliphatic rings. The van der Waals surface area contributed by atoms with Crippen LogP contribution in [0.4, 0.5) is 13.2 Å². The fourth-order valence-electron chi connectivity index (χ4n) is 4.18. The smallest absolute Gasteiger partial charge is 0.167 e. The number of unbranched alkanes of at least 4 members (excludes halogenated alkanes) is 2. The Balaban J connectivity index is 1.71. The van der Waals surface area contributed by atoms with E-state index in [9.17, 15) is 13.2 Å². The molecule has 3 rings (SSSR count). The minimum Gasteiger partial charge on any atom is -0.378 e. The summed E-state index contributed by atoms with van der Waals surface area (Å²) in [5.74, 6) is -2.22. The molecule has 2 aromatic rings. The first-order valence-corrected chi connectivity index (χ1v) is 10.9. The van der Waals surface area contributed by atoms with E-state index in [1.807, 2.05) is 13.0 Å². The standard InChI is InChI=1S/C25H31F3O/c1-3-5-6-8-20-12-9-19(16-29-20)18-11-13-21(23(26)15-18)22-14-10-17(7-4-2)24(27)25(22)28/h10-11,13-15,19-20H,3-9,12,16H2,1-2H3. The average Bonchev–Trinajstić information content (AvgIpc) is 2.73. The summed E-state index contributed by atoms with van der Waals surface area (Å²) in [7, 11) is 0. The fourth-order valence-corrected chi connectivity index (χ4v) is 4.18. The monoisotopic (exact) mass is 404 g/mol. The minimum absolute atomic E-state index is 0.0257. The summed E-state index contributed by atoms with van der Waals surface area (Å²) < 4.78 is 49.6. The molecule has 1 fully saturated rings. The highest BCUT2D eigenvalue weighted by atomic mass is 19.2. The molecule has 0 saturated carbocycles. The van der Waals surface area contributed by atoms with Crippen LogP contribution in [0.1, 0.15) is 75.8 Å². The molecule has 29 heavy (non-hydrogen) atoms. The van der Waals surface area contributed by atoms with Crippen molar-refractivity contribution in [3.8, 4) is 11.1 Å². The summed E-state index contributed by atoms with van der Waals surface area (Å²) in [5, 5.41) is 0. The van der Waals surface area contributed by atoms with E-state index in [0.717, 1.165) is 31.2 Å². The van der Waals surface area contributed by atoms with Gasteiger partial charge in [-0.3, -0.25) is 0 Å². The number of aryl methyl sites for hydroxylation is 1. The zero-order valence-electron chi connectivity index (χ0n) is 17.4. The molecule has 0 bridgehead atoms. The third-order valence-electron chi connectivity index (χ3n) is 5.94. The third kappa shape index (κ3) is 5.22. The molecule has 4 heteroatoms. The quantitative estimate of drug-likeness (QED) is 0.412. The Labute approximate surface area is 172 Å². The zero-order chi connectivity index (χ0) is 20.8. The van der Waals surface area contributed by atoms with Gasteiger partial charge in [-0.2, -0.15) is 0 Å². The molecule has 0 radical (unpaired) electrons. The van der Waals surface area contributed by atoms with Gasteiger partial charge < -0.3 is 4.74 Å². The Morgan fingerprint density at radius 2 is 1.69 bits per heavy atom. The van der Waals surface area contributed by atoms with Crippen molar-refractivity contribution in [1.82, 2.24) is 0 Å². The van der Waals surface area contributed by atoms with E-state index in [-0.39, 0.29) is 17.0 Å². The van der Waals surface area contributed by atoms with Crippen LogP contribution < -0.4 is 0 Å².